The van der Waals surface area contributed by atoms with Gasteiger partial charge in [0.15, 0.2) is 5.96 Å². The van der Waals surface area contributed by atoms with Gasteiger partial charge in [-0.3, -0.25) is 9.79 Å². The van der Waals surface area contributed by atoms with Crippen molar-refractivity contribution in [2.24, 2.45) is 4.99 Å². The Morgan fingerprint density at radius 3 is 2.60 bits per heavy atom. The molecule has 0 radical (unpaired) electrons. The molecule has 1 fully saturated rings. The molecule has 0 bridgehead atoms. The summed E-state index contributed by atoms with van der Waals surface area (Å²) in [6, 6.07) is 8.58. The van der Waals surface area contributed by atoms with E-state index < -0.39 is 0 Å². The first-order valence-electron chi connectivity index (χ1n) is 8.48. The summed E-state index contributed by atoms with van der Waals surface area (Å²) in [6.45, 7) is 4.81. The van der Waals surface area contributed by atoms with Crippen molar-refractivity contribution in [1.29, 1.82) is 0 Å². The number of methoxy groups -OCH3 is 1. The van der Waals surface area contributed by atoms with Crippen LogP contribution in [0.15, 0.2) is 29.3 Å². The Balaban J connectivity index is 0.00000312. The molecule has 1 saturated heterocycles. The molecule has 0 saturated carbocycles. The van der Waals surface area contributed by atoms with Gasteiger partial charge in [0.2, 0.25) is 5.91 Å². The van der Waals surface area contributed by atoms with Crippen LogP contribution in [0, 0.1) is 0 Å². The van der Waals surface area contributed by atoms with E-state index >= 15 is 0 Å². The molecule has 1 amide bonds. The van der Waals surface area contributed by atoms with Crippen LogP contribution in [0.5, 0.6) is 0 Å². The highest BCUT2D eigenvalue weighted by atomic mass is 127. The third-order valence-corrected chi connectivity index (χ3v) is 4.20. The second kappa shape index (κ2) is 11.3. The van der Waals surface area contributed by atoms with Gasteiger partial charge >= 0.3 is 0 Å². The minimum Gasteiger partial charge on any atom is -0.380 e. The molecule has 0 aliphatic carbocycles. The number of benzene rings is 1. The normalized spacial score (nSPS) is 17.2. The molecular weight excluding hydrogens is 431 g/mol. The highest BCUT2D eigenvalue weighted by Crippen LogP contribution is 2.10. The zero-order chi connectivity index (χ0) is 17.4. The van der Waals surface area contributed by atoms with Crippen LogP contribution in [0.25, 0.3) is 0 Å². The van der Waals surface area contributed by atoms with Crippen molar-refractivity contribution < 1.29 is 9.53 Å². The van der Waals surface area contributed by atoms with E-state index in [4.69, 9.17) is 4.74 Å². The van der Waals surface area contributed by atoms with Gasteiger partial charge in [-0.1, -0.05) is 31.2 Å². The van der Waals surface area contributed by atoms with Crippen molar-refractivity contribution >= 4 is 35.8 Å². The summed E-state index contributed by atoms with van der Waals surface area (Å²) in [5, 5.41) is 6.73. The Kier molecular flexibility index (Phi) is 9.81. The monoisotopic (exact) mass is 460 g/mol. The Morgan fingerprint density at radius 1 is 1.32 bits per heavy atom. The van der Waals surface area contributed by atoms with Crippen LogP contribution >= 0.6 is 24.0 Å². The van der Waals surface area contributed by atoms with E-state index in [9.17, 15) is 4.79 Å². The fourth-order valence-electron chi connectivity index (χ4n) is 2.82. The van der Waals surface area contributed by atoms with Crippen LogP contribution in [-0.2, 0) is 22.7 Å². The van der Waals surface area contributed by atoms with E-state index in [2.05, 4.69) is 39.9 Å². The van der Waals surface area contributed by atoms with E-state index in [1.807, 2.05) is 11.8 Å². The number of likely N-dealkylation sites (tertiary alicyclic amines) is 1. The number of carbonyl (C=O) groups is 1. The molecule has 1 unspecified atom stereocenters. The summed E-state index contributed by atoms with van der Waals surface area (Å²) in [7, 11) is 3.46. The van der Waals surface area contributed by atoms with E-state index in [0.717, 1.165) is 31.0 Å². The highest BCUT2D eigenvalue weighted by Gasteiger charge is 2.25. The van der Waals surface area contributed by atoms with Crippen LogP contribution < -0.4 is 10.6 Å². The summed E-state index contributed by atoms with van der Waals surface area (Å²) in [5.41, 5.74) is 2.35. The fourth-order valence-corrected chi connectivity index (χ4v) is 2.82. The van der Waals surface area contributed by atoms with Crippen LogP contribution in [0.3, 0.4) is 0 Å². The van der Waals surface area contributed by atoms with Gasteiger partial charge < -0.3 is 20.3 Å². The lowest BCUT2D eigenvalue weighted by Gasteiger charge is -2.18. The third kappa shape index (κ3) is 6.81. The molecule has 0 aromatic heterocycles. The van der Waals surface area contributed by atoms with Gasteiger partial charge in [0.1, 0.15) is 0 Å². The molecule has 1 heterocycles. The first kappa shape index (κ1) is 21.7. The number of hydrogen-bond acceptors (Lipinski definition) is 3. The number of nitrogens with one attached hydrogen (secondary N) is 2. The number of hydrogen-bond donors (Lipinski definition) is 2. The van der Waals surface area contributed by atoms with Gasteiger partial charge in [0, 0.05) is 46.3 Å². The van der Waals surface area contributed by atoms with Crippen LogP contribution in [0.4, 0.5) is 0 Å². The molecule has 0 spiro atoms. The molecule has 1 aliphatic rings. The molecule has 1 atom stereocenters. The van der Waals surface area contributed by atoms with Crippen molar-refractivity contribution in [2.75, 3.05) is 27.2 Å². The maximum absolute atomic E-state index is 11.7. The number of guanidine groups is 1. The second-order valence-corrected chi connectivity index (χ2v) is 6.00. The second-order valence-electron chi connectivity index (χ2n) is 6.00. The van der Waals surface area contributed by atoms with Gasteiger partial charge in [-0.2, -0.15) is 0 Å². The lowest BCUT2D eigenvalue weighted by Crippen LogP contribution is -2.44. The Labute approximate surface area is 167 Å². The van der Waals surface area contributed by atoms with Gasteiger partial charge in [-0.25, -0.2) is 0 Å². The van der Waals surface area contributed by atoms with Crippen molar-refractivity contribution in [3.8, 4) is 0 Å². The fraction of sp³-hybridized carbons (Fsp3) is 0.556. The number of amides is 1. The molecule has 2 rings (SSSR count). The van der Waals surface area contributed by atoms with Crippen LogP contribution in [0.2, 0.25) is 0 Å². The summed E-state index contributed by atoms with van der Waals surface area (Å²) in [5.74, 6) is 0.991. The van der Waals surface area contributed by atoms with Crippen molar-refractivity contribution in [2.45, 2.75) is 39.0 Å². The Bertz CT molecular complexity index is 563. The van der Waals surface area contributed by atoms with Gasteiger partial charge in [0.05, 0.1) is 6.61 Å². The highest BCUT2D eigenvalue weighted by molar-refractivity contribution is 14.0. The molecule has 25 heavy (non-hydrogen) atoms. The van der Waals surface area contributed by atoms with Gasteiger partial charge in [0.25, 0.3) is 0 Å². The maximum Gasteiger partial charge on any atom is 0.222 e. The zero-order valence-corrected chi connectivity index (χ0v) is 17.6. The topological polar surface area (TPSA) is 66.0 Å². The SMILES string of the molecule is CCC(=O)N1CCC(NC(=NC)NCc2ccc(COC)cc2)C1.I. The average molecular weight is 460 g/mol. The number of halogens is 1. The standard InChI is InChI=1S/C18H28N4O2.HI/c1-4-17(23)22-10-9-16(12-22)21-18(19-2)20-11-14-5-7-15(8-6-14)13-24-3;/h5-8,16H,4,9-13H2,1-3H3,(H2,19,20,21);1H. The lowest BCUT2D eigenvalue weighted by molar-refractivity contribution is -0.129. The smallest absolute Gasteiger partial charge is 0.222 e. The minimum absolute atomic E-state index is 0. The third-order valence-electron chi connectivity index (χ3n) is 4.20. The molecular formula is C18H29IN4O2. The predicted molar refractivity (Wildman–Crippen MR) is 111 cm³/mol. The summed E-state index contributed by atoms with van der Waals surface area (Å²) in [6.07, 6.45) is 1.52. The number of nitrogens with zero attached hydrogens (tertiary/aromatic N) is 2. The molecule has 1 aliphatic heterocycles. The molecule has 6 nitrogen and oxygen atoms in total. The van der Waals surface area contributed by atoms with Crippen molar-refractivity contribution in [3.63, 3.8) is 0 Å². The largest absolute Gasteiger partial charge is 0.380 e. The molecule has 1 aromatic rings. The summed E-state index contributed by atoms with van der Waals surface area (Å²) < 4.78 is 5.12. The van der Waals surface area contributed by atoms with Crippen molar-refractivity contribution in [3.05, 3.63) is 35.4 Å². The molecule has 140 valence electrons. The molecule has 1 aromatic carbocycles. The first-order chi connectivity index (χ1) is 11.7. The average Bonchev–Trinajstić information content (AvgIpc) is 3.08. The number of rotatable bonds is 6. The summed E-state index contributed by atoms with van der Waals surface area (Å²) in [4.78, 5) is 17.9. The Hall–Kier alpha value is -1.35. The van der Waals surface area contributed by atoms with Crippen molar-refractivity contribution in [1.82, 2.24) is 15.5 Å². The number of carbonyl (C=O) groups excluding carboxylic acids is 1. The zero-order valence-electron chi connectivity index (χ0n) is 15.2. The number of ether oxygens (including phenoxy) is 1. The van der Waals surface area contributed by atoms with Gasteiger partial charge in [-0.15, -0.1) is 24.0 Å². The molecule has 2 N–H and O–H groups in total. The predicted octanol–water partition coefficient (Wildman–Crippen LogP) is 2.13. The minimum atomic E-state index is 0. The quantitative estimate of drug-likeness (QED) is 0.388. The lowest BCUT2D eigenvalue weighted by atomic mass is 10.1. The maximum atomic E-state index is 11.7. The first-order valence-corrected chi connectivity index (χ1v) is 8.48. The van der Waals surface area contributed by atoms with Crippen LogP contribution in [-0.4, -0.2) is 50.1 Å². The van der Waals surface area contributed by atoms with Gasteiger partial charge in [-0.05, 0) is 17.5 Å². The number of aliphatic imine (C=N–C) groups is 1. The summed E-state index contributed by atoms with van der Waals surface area (Å²) >= 11 is 0. The van der Waals surface area contributed by atoms with E-state index in [-0.39, 0.29) is 35.9 Å². The van der Waals surface area contributed by atoms with E-state index in [0.29, 0.717) is 19.6 Å². The Morgan fingerprint density at radius 2 is 2.00 bits per heavy atom. The van der Waals surface area contributed by atoms with E-state index in [1.165, 1.54) is 5.56 Å². The van der Waals surface area contributed by atoms with E-state index in [1.54, 1.807) is 14.2 Å². The molecule has 7 heteroatoms. The van der Waals surface area contributed by atoms with Crippen LogP contribution in [0.1, 0.15) is 30.9 Å².